The summed E-state index contributed by atoms with van der Waals surface area (Å²) in [7, 11) is 0. The highest BCUT2D eigenvalue weighted by molar-refractivity contribution is 14.1. The lowest BCUT2D eigenvalue weighted by Gasteiger charge is -2.24. The number of imidazole rings is 1. The molecule has 0 spiro atoms. The van der Waals surface area contributed by atoms with E-state index >= 15 is 0 Å². The molecule has 0 aromatic carbocycles. The van der Waals surface area contributed by atoms with Crippen LogP contribution < -0.4 is 5.73 Å². The first-order valence-corrected chi connectivity index (χ1v) is 8.71. The number of anilines is 1. The van der Waals surface area contributed by atoms with Crippen molar-refractivity contribution >= 4 is 45.5 Å². The van der Waals surface area contributed by atoms with Crippen LogP contribution in [-0.2, 0) is 19.0 Å². The number of rotatable bonds is 3. The van der Waals surface area contributed by atoms with E-state index in [0.29, 0.717) is 15.0 Å². The minimum absolute atomic E-state index is 0.182. The first-order chi connectivity index (χ1) is 11.7. The summed E-state index contributed by atoms with van der Waals surface area (Å²) >= 11 is 1.97. The standard InChI is InChI=1S/C14H16IN5O5/c1-14(2)24-8-5(3-6(21)22)23-12(9(8)25-14)20-4-17-7-10(16)18-13(15)19-11(7)20/h4-5,8-9,12H,3H2,1-2H3,(H,21,22)(H2,16,18,19)/t5-,8?,9+,12-/m1/s1. The van der Waals surface area contributed by atoms with Crippen LogP contribution >= 0.6 is 22.6 Å². The van der Waals surface area contributed by atoms with Gasteiger partial charge in [-0.25, -0.2) is 15.0 Å². The number of fused-ring (bicyclic) bond motifs is 2. The van der Waals surface area contributed by atoms with Crippen molar-refractivity contribution in [1.82, 2.24) is 19.5 Å². The summed E-state index contributed by atoms with van der Waals surface area (Å²) in [5.41, 5.74) is 6.87. The number of carboxylic acid groups (broad SMARTS) is 1. The molecule has 25 heavy (non-hydrogen) atoms. The maximum atomic E-state index is 11.2. The summed E-state index contributed by atoms with van der Waals surface area (Å²) in [6, 6.07) is 0. The minimum atomic E-state index is -0.964. The molecule has 3 N–H and O–H groups in total. The van der Waals surface area contributed by atoms with E-state index in [-0.39, 0.29) is 12.2 Å². The number of aliphatic carboxylic acids is 1. The third-order valence-electron chi connectivity index (χ3n) is 4.20. The summed E-state index contributed by atoms with van der Waals surface area (Å²) in [4.78, 5) is 23.9. The molecule has 4 atom stereocenters. The van der Waals surface area contributed by atoms with Gasteiger partial charge in [0.1, 0.15) is 17.7 Å². The van der Waals surface area contributed by atoms with Crippen LogP contribution in [-0.4, -0.2) is 54.7 Å². The molecule has 0 bridgehead atoms. The number of nitrogens with zero attached hydrogens (tertiary/aromatic N) is 4. The Balaban J connectivity index is 1.76. The van der Waals surface area contributed by atoms with Gasteiger partial charge in [0.25, 0.3) is 0 Å². The number of nitrogens with two attached hydrogens (primary N) is 1. The molecule has 0 amide bonds. The Morgan fingerprint density at radius 2 is 2.12 bits per heavy atom. The summed E-state index contributed by atoms with van der Waals surface area (Å²) < 4.78 is 20.0. The fourth-order valence-electron chi connectivity index (χ4n) is 3.32. The van der Waals surface area contributed by atoms with Gasteiger partial charge in [0.05, 0.1) is 18.9 Å². The number of aromatic nitrogens is 4. The summed E-state index contributed by atoms with van der Waals surface area (Å²) in [5.74, 6) is -1.52. The number of hydrogen-bond acceptors (Lipinski definition) is 8. The number of carboxylic acids is 1. The highest BCUT2D eigenvalue weighted by Crippen LogP contribution is 2.44. The van der Waals surface area contributed by atoms with Gasteiger partial charge in [-0.3, -0.25) is 9.36 Å². The van der Waals surface area contributed by atoms with Gasteiger partial charge in [0, 0.05) is 22.6 Å². The molecule has 0 aliphatic carbocycles. The Morgan fingerprint density at radius 1 is 1.40 bits per heavy atom. The first-order valence-electron chi connectivity index (χ1n) is 7.63. The number of halogens is 1. The zero-order chi connectivity index (χ0) is 17.9. The maximum absolute atomic E-state index is 11.2. The molecule has 11 heteroatoms. The number of ether oxygens (including phenoxy) is 3. The predicted octanol–water partition coefficient (Wildman–Crippen LogP) is 0.905. The second kappa shape index (κ2) is 5.72. The van der Waals surface area contributed by atoms with Crippen LogP contribution in [0.4, 0.5) is 5.82 Å². The predicted molar refractivity (Wildman–Crippen MR) is 92.4 cm³/mol. The van der Waals surface area contributed by atoms with Gasteiger partial charge >= 0.3 is 5.97 Å². The lowest BCUT2D eigenvalue weighted by atomic mass is 10.1. The van der Waals surface area contributed by atoms with Crippen molar-refractivity contribution in [2.45, 2.75) is 50.6 Å². The van der Waals surface area contributed by atoms with E-state index in [1.54, 1.807) is 24.7 Å². The molecule has 2 fully saturated rings. The molecule has 10 nitrogen and oxygen atoms in total. The molecule has 0 saturated carbocycles. The highest BCUT2D eigenvalue weighted by Gasteiger charge is 2.56. The molecule has 4 heterocycles. The van der Waals surface area contributed by atoms with Crippen LogP contribution in [0.15, 0.2) is 6.33 Å². The van der Waals surface area contributed by atoms with Crippen molar-refractivity contribution in [2.75, 3.05) is 5.73 Å². The average molecular weight is 461 g/mol. The summed E-state index contributed by atoms with van der Waals surface area (Å²) in [5, 5.41) is 9.15. The largest absolute Gasteiger partial charge is 0.481 e. The quantitative estimate of drug-likeness (QED) is 0.505. The van der Waals surface area contributed by atoms with E-state index in [1.165, 1.54) is 0 Å². The average Bonchev–Trinajstić information content (AvgIpc) is 3.11. The highest BCUT2D eigenvalue weighted by atomic mass is 127. The number of carbonyl (C=O) groups is 1. The third kappa shape index (κ3) is 2.84. The zero-order valence-corrected chi connectivity index (χ0v) is 15.6. The fourth-order valence-corrected chi connectivity index (χ4v) is 3.80. The van der Waals surface area contributed by atoms with E-state index in [0.717, 1.165) is 0 Å². The molecule has 2 aromatic rings. The van der Waals surface area contributed by atoms with Crippen molar-refractivity contribution in [1.29, 1.82) is 0 Å². The Bertz CT molecular complexity index is 855. The fraction of sp³-hybridized carbons (Fsp3) is 0.571. The Morgan fingerprint density at radius 3 is 2.84 bits per heavy atom. The van der Waals surface area contributed by atoms with Crippen molar-refractivity contribution in [3.05, 3.63) is 10.2 Å². The second-order valence-electron chi connectivity index (χ2n) is 6.43. The van der Waals surface area contributed by atoms with Crippen LogP contribution in [0.3, 0.4) is 0 Å². The lowest BCUT2D eigenvalue weighted by Crippen LogP contribution is -2.31. The monoisotopic (exact) mass is 461 g/mol. The van der Waals surface area contributed by atoms with Gasteiger partial charge in [-0.05, 0) is 13.8 Å². The van der Waals surface area contributed by atoms with E-state index in [2.05, 4.69) is 15.0 Å². The van der Waals surface area contributed by atoms with Crippen molar-refractivity contribution in [2.24, 2.45) is 0 Å². The van der Waals surface area contributed by atoms with Crippen LogP contribution in [0, 0.1) is 3.83 Å². The van der Waals surface area contributed by atoms with Gasteiger partial charge in [-0.1, -0.05) is 0 Å². The van der Waals surface area contributed by atoms with Gasteiger partial charge < -0.3 is 25.1 Å². The molecule has 2 aliphatic rings. The molecule has 2 saturated heterocycles. The molecule has 2 aliphatic heterocycles. The molecule has 2 aromatic heterocycles. The smallest absolute Gasteiger partial charge is 0.306 e. The van der Waals surface area contributed by atoms with Crippen molar-refractivity contribution in [3.8, 4) is 0 Å². The van der Waals surface area contributed by atoms with Gasteiger partial charge in [0.2, 0.25) is 0 Å². The van der Waals surface area contributed by atoms with Crippen LogP contribution in [0.1, 0.15) is 26.5 Å². The Hall–Kier alpha value is -1.57. The topological polar surface area (TPSA) is 135 Å². The van der Waals surface area contributed by atoms with E-state index in [1.807, 2.05) is 22.6 Å². The molecular formula is C14H16IN5O5. The first kappa shape index (κ1) is 16.9. The van der Waals surface area contributed by atoms with E-state index in [4.69, 9.17) is 25.1 Å². The zero-order valence-electron chi connectivity index (χ0n) is 13.4. The third-order valence-corrected chi connectivity index (χ3v) is 4.68. The molecular weight excluding hydrogens is 445 g/mol. The maximum Gasteiger partial charge on any atom is 0.306 e. The molecule has 1 unspecified atom stereocenters. The van der Waals surface area contributed by atoms with Crippen molar-refractivity contribution < 1.29 is 24.1 Å². The lowest BCUT2D eigenvalue weighted by molar-refractivity contribution is -0.198. The minimum Gasteiger partial charge on any atom is -0.481 e. The van der Waals surface area contributed by atoms with E-state index in [9.17, 15) is 4.79 Å². The number of hydrogen-bond donors (Lipinski definition) is 2. The number of nitrogen functional groups attached to an aromatic ring is 1. The summed E-state index contributed by atoms with van der Waals surface area (Å²) in [6.07, 6.45) is -0.863. The van der Waals surface area contributed by atoms with Crippen molar-refractivity contribution in [3.63, 3.8) is 0 Å². The normalized spacial score (nSPS) is 30.7. The molecule has 134 valence electrons. The van der Waals surface area contributed by atoms with Gasteiger partial charge in [-0.2, -0.15) is 0 Å². The van der Waals surface area contributed by atoms with Gasteiger partial charge in [0.15, 0.2) is 27.3 Å². The van der Waals surface area contributed by atoms with Crippen LogP contribution in [0.5, 0.6) is 0 Å². The van der Waals surface area contributed by atoms with Crippen LogP contribution in [0.25, 0.3) is 11.2 Å². The van der Waals surface area contributed by atoms with Crippen LogP contribution in [0.2, 0.25) is 0 Å². The Kier molecular flexibility index (Phi) is 3.86. The second-order valence-corrected chi connectivity index (χ2v) is 7.39. The van der Waals surface area contributed by atoms with Gasteiger partial charge in [-0.15, -0.1) is 0 Å². The van der Waals surface area contributed by atoms with E-state index < -0.39 is 36.3 Å². The molecule has 0 radical (unpaired) electrons. The SMILES string of the molecule is CC1(C)OC2[C@@H](CC(=O)O)O[C@@H](n3cnc4c(N)nc(I)nc43)[C@H]2O1. The summed E-state index contributed by atoms with van der Waals surface area (Å²) in [6.45, 7) is 3.57. The molecule has 4 rings (SSSR count). The Labute approximate surface area is 155 Å².